The van der Waals surface area contributed by atoms with Gasteiger partial charge in [0.05, 0.1) is 5.92 Å². The number of nitrogens with one attached hydrogen (secondary N) is 1. The lowest BCUT2D eigenvalue weighted by Gasteiger charge is -2.07. The fraction of sp³-hybridized carbons (Fsp3) is 0.308. The highest BCUT2D eigenvalue weighted by molar-refractivity contribution is 14.1. The quantitative estimate of drug-likeness (QED) is 0.827. The molecule has 0 aliphatic heterocycles. The number of hydrogen-bond donors (Lipinski definition) is 1. The number of carbonyl (C=O) groups is 1. The van der Waals surface area contributed by atoms with Crippen LogP contribution in [0.5, 0.6) is 0 Å². The molecule has 0 bridgehead atoms. The zero-order chi connectivity index (χ0) is 13.6. The standard InChI is InChI=1S/C13H11FIN3O/c1-6-9-4-17-12(3-7(9)11(15)5-16-6)18-13(19)8-2-10(8)14/h3-5,8,10H,2H2,1H3,(H,17,18,19)/t8-,10-/m0/s1. The number of carbonyl (C=O) groups excluding carboxylic acids is 1. The van der Waals surface area contributed by atoms with Gasteiger partial charge in [0.15, 0.2) is 0 Å². The topological polar surface area (TPSA) is 54.9 Å². The van der Waals surface area contributed by atoms with Gasteiger partial charge >= 0.3 is 0 Å². The number of halogens is 2. The molecule has 19 heavy (non-hydrogen) atoms. The maximum absolute atomic E-state index is 12.8. The molecule has 0 unspecified atom stereocenters. The van der Waals surface area contributed by atoms with Crippen molar-refractivity contribution in [2.24, 2.45) is 5.92 Å². The second-order valence-corrected chi connectivity index (χ2v) is 5.82. The van der Waals surface area contributed by atoms with Gasteiger partial charge < -0.3 is 5.32 Å². The molecule has 6 heteroatoms. The van der Waals surface area contributed by atoms with Gasteiger partial charge in [0.25, 0.3) is 0 Å². The van der Waals surface area contributed by atoms with E-state index in [0.717, 1.165) is 20.0 Å². The highest BCUT2D eigenvalue weighted by Crippen LogP contribution is 2.34. The van der Waals surface area contributed by atoms with E-state index in [2.05, 4.69) is 37.9 Å². The zero-order valence-electron chi connectivity index (χ0n) is 10.2. The molecule has 0 radical (unpaired) electrons. The van der Waals surface area contributed by atoms with Crippen molar-refractivity contribution in [2.75, 3.05) is 5.32 Å². The molecule has 2 aromatic rings. The normalized spacial score (nSPS) is 21.4. The summed E-state index contributed by atoms with van der Waals surface area (Å²) in [5, 5.41) is 4.61. The van der Waals surface area contributed by atoms with Crippen LogP contribution in [0.2, 0.25) is 0 Å². The van der Waals surface area contributed by atoms with Crippen LogP contribution in [0.4, 0.5) is 10.2 Å². The van der Waals surface area contributed by atoms with Crippen LogP contribution in [0.25, 0.3) is 10.8 Å². The molecule has 3 rings (SSSR count). The number of fused-ring (bicyclic) bond motifs is 1. The monoisotopic (exact) mass is 371 g/mol. The minimum Gasteiger partial charge on any atom is -0.310 e. The molecule has 2 atom stereocenters. The van der Waals surface area contributed by atoms with E-state index >= 15 is 0 Å². The zero-order valence-corrected chi connectivity index (χ0v) is 12.3. The predicted octanol–water partition coefficient (Wildman–Crippen LogP) is 2.84. The maximum Gasteiger partial charge on any atom is 0.231 e. The summed E-state index contributed by atoms with van der Waals surface area (Å²) in [5.74, 6) is -0.337. The van der Waals surface area contributed by atoms with Gasteiger partial charge in [0.1, 0.15) is 12.0 Å². The molecule has 98 valence electrons. The first-order valence-corrected chi connectivity index (χ1v) is 7.00. The molecule has 1 aliphatic rings. The Hall–Kier alpha value is -1.31. The SMILES string of the molecule is Cc1ncc(I)c2cc(NC(=O)[C@H]3C[C@@H]3F)ncc12. The number of alkyl halides is 1. The smallest absolute Gasteiger partial charge is 0.231 e. The third-order valence-electron chi connectivity index (χ3n) is 3.22. The van der Waals surface area contributed by atoms with E-state index in [1.54, 1.807) is 18.5 Å². The summed E-state index contributed by atoms with van der Waals surface area (Å²) in [4.78, 5) is 20.1. The van der Waals surface area contributed by atoms with Gasteiger partial charge in [-0.2, -0.15) is 0 Å². The van der Waals surface area contributed by atoms with Crippen LogP contribution in [-0.2, 0) is 4.79 Å². The van der Waals surface area contributed by atoms with Crippen molar-refractivity contribution in [3.05, 3.63) is 27.7 Å². The van der Waals surface area contributed by atoms with E-state index in [1.165, 1.54) is 0 Å². The van der Waals surface area contributed by atoms with Crippen LogP contribution in [0, 0.1) is 16.4 Å². The Labute approximate surface area is 123 Å². The van der Waals surface area contributed by atoms with Crippen molar-refractivity contribution in [1.29, 1.82) is 0 Å². The first-order valence-electron chi connectivity index (χ1n) is 5.92. The molecule has 0 saturated heterocycles. The third-order valence-corrected chi connectivity index (χ3v) is 4.08. The fourth-order valence-electron chi connectivity index (χ4n) is 1.96. The van der Waals surface area contributed by atoms with Gasteiger partial charge in [-0.1, -0.05) is 0 Å². The average Bonchev–Trinajstić information content (AvgIpc) is 3.11. The summed E-state index contributed by atoms with van der Waals surface area (Å²) in [6.45, 7) is 1.91. The van der Waals surface area contributed by atoms with Gasteiger partial charge in [-0.3, -0.25) is 9.78 Å². The molecule has 1 amide bonds. The number of rotatable bonds is 2. The number of aromatic nitrogens is 2. The summed E-state index contributed by atoms with van der Waals surface area (Å²) >= 11 is 2.19. The van der Waals surface area contributed by atoms with Crippen molar-refractivity contribution in [3.63, 3.8) is 0 Å². The second-order valence-electron chi connectivity index (χ2n) is 4.65. The lowest BCUT2D eigenvalue weighted by Crippen LogP contribution is -2.15. The highest BCUT2D eigenvalue weighted by atomic mass is 127. The Morgan fingerprint density at radius 2 is 2.16 bits per heavy atom. The second kappa shape index (κ2) is 4.66. The van der Waals surface area contributed by atoms with Crippen LogP contribution in [0.1, 0.15) is 12.1 Å². The maximum atomic E-state index is 12.8. The number of nitrogens with zero attached hydrogens (tertiary/aromatic N) is 2. The minimum atomic E-state index is -0.993. The molecule has 2 aromatic heterocycles. The van der Waals surface area contributed by atoms with Crippen molar-refractivity contribution in [1.82, 2.24) is 9.97 Å². The number of pyridine rings is 2. The summed E-state index contributed by atoms with van der Waals surface area (Å²) in [6.07, 6.45) is 2.80. The lowest BCUT2D eigenvalue weighted by atomic mass is 10.2. The van der Waals surface area contributed by atoms with E-state index in [1.807, 2.05) is 6.92 Å². The van der Waals surface area contributed by atoms with Crippen LogP contribution in [0.15, 0.2) is 18.5 Å². The summed E-state index contributed by atoms with van der Waals surface area (Å²) in [7, 11) is 0. The van der Waals surface area contributed by atoms with E-state index in [4.69, 9.17) is 0 Å². The van der Waals surface area contributed by atoms with E-state index in [-0.39, 0.29) is 5.91 Å². The lowest BCUT2D eigenvalue weighted by molar-refractivity contribution is -0.117. The van der Waals surface area contributed by atoms with Crippen molar-refractivity contribution < 1.29 is 9.18 Å². The predicted molar refractivity (Wildman–Crippen MR) is 78.6 cm³/mol. The van der Waals surface area contributed by atoms with Crippen molar-refractivity contribution in [2.45, 2.75) is 19.5 Å². The Morgan fingerprint density at radius 3 is 2.84 bits per heavy atom. The van der Waals surface area contributed by atoms with Crippen LogP contribution < -0.4 is 5.32 Å². The number of amides is 1. The molecule has 1 saturated carbocycles. The molecule has 1 N–H and O–H groups in total. The van der Waals surface area contributed by atoms with E-state index < -0.39 is 12.1 Å². The first-order chi connectivity index (χ1) is 9.06. The van der Waals surface area contributed by atoms with E-state index in [9.17, 15) is 9.18 Å². The molecule has 0 aromatic carbocycles. The Kier molecular flexibility index (Phi) is 3.12. The third kappa shape index (κ3) is 2.41. The highest BCUT2D eigenvalue weighted by Gasteiger charge is 2.43. The summed E-state index contributed by atoms with van der Waals surface area (Å²) in [6, 6.07) is 1.80. The molecule has 0 spiro atoms. The van der Waals surface area contributed by atoms with Gasteiger partial charge in [-0.25, -0.2) is 9.37 Å². The largest absolute Gasteiger partial charge is 0.310 e. The van der Waals surface area contributed by atoms with Gasteiger partial charge in [0, 0.05) is 32.4 Å². The molecule has 1 aliphatic carbocycles. The van der Waals surface area contributed by atoms with Gasteiger partial charge in [0.2, 0.25) is 5.91 Å². The average molecular weight is 371 g/mol. The molecule has 1 fully saturated rings. The Morgan fingerprint density at radius 1 is 1.42 bits per heavy atom. The number of hydrogen-bond acceptors (Lipinski definition) is 3. The number of aryl methyl sites for hydroxylation is 1. The van der Waals surface area contributed by atoms with Crippen LogP contribution in [-0.4, -0.2) is 22.0 Å². The Bertz CT molecular complexity index is 676. The van der Waals surface area contributed by atoms with Crippen molar-refractivity contribution >= 4 is 45.1 Å². The van der Waals surface area contributed by atoms with Gasteiger partial charge in [-0.05, 0) is 42.0 Å². The summed E-state index contributed by atoms with van der Waals surface area (Å²) in [5.41, 5.74) is 0.895. The molecular formula is C13H11FIN3O. The van der Waals surface area contributed by atoms with Crippen LogP contribution >= 0.6 is 22.6 Å². The minimum absolute atomic E-state index is 0.292. The number of anilines is 1. The van der Waals surface area contributed by atoms with Crippen molar-refractivity contribution in [3.8, 4) is 0 Å². The molecule has 2 heterocycles. The van der Waals surface area contributed by atoms with Gasteiger partial charge in [-0.15, -0.1) is 0 Å². The molecular weight excluding hydrogens is 360 g/mol. The van der Waals surface area contributed by atoms with E-state index in [0.29, 0.717) is 12.2 Å². The Balaban J connectivity index is 1.93. The fourth-order valence-corrected chi connectivity index (χ4v) is 2.54. The first kappa shape index (κ1) is 12.7. The van der Waals surface area contributed by atoms with Crippen LogP contribution in [0.3, 0.4) is 0 Å². The summed E-state index contributed by atoms with van der Waals surface area (Å²) < 4.78 is 13.8. The molecule has 4 nitrogen and oxygen atoms in total.